The zero-order valence-corrected chi connectivity index (χ0v) is 16.9. The number of carbonyl (C=O) groups excluding carboxylic acids is 2. The van der Waals surface area contributed by atoms with Gasteiger partial charge in [-0.15, -0.1) is 0 Å². The van der Waals surface area contributed by atoms with Crippen molar-refractivity contribution < 1.29 is 19.1 Å². The molecule has 0 saturated heterocycles. The Labute approximate surface area is 158 Å². The van der Waals surface area contributed by atoms with Gasteiger partial charge in [0, 0.05) is 17.8 Å². The first-order chi connectivity index (χ1) is 12.5. The first-order valence-corrected chi connectivity index (χ1v) is 10.0. The van der Waals surface area contributed by atoms with Gasteiger partial charge in [0.2, 0.25) is 0 Å². The van der Waals surface area contributed by atoms with Crippen LogP contribution < -0.4 is 5.32 Å². The molecule has 26 heavy (non-hydrogen) atoms. The Hall–Kier alpha value is -1.78. The highest BCUT2D eigenvalue weighted by Crippen LogP contribution is 2.25. The lowest BCUT2D eigenvalue weighted by Gasteiger charge is -2.22. The van der Waals surface area contributed by atoms with E-state index in [4.69, 9.17) is 9.47 Å². The van der Waals surface area contributed by atoms with E-state index in [0.29, 0.717) is 24.4 Å². The standard InChI is InChI=1S/C21H35NO4/c1-5-7-9-11-13-25-20(23)18-15-19(17(4)22-16(18)3)21(24)26-14-12-10-8-6-2/h22H,5-15H2,1-4H3. The Morgan fingerprint density at radius 2 is 1.19 bits per heavy atom. The molecule has 0 unspecified atom stereocenters. The van der Waals surface area contributed by atoms with E-state index in [-0.39, 0.29) is 18.4 Å². The lowest BCUT2D eigenvalue weighted by Crippen LogP contribution is -2.27. The van der Waals surface area contributed by atoms with Gasteiger partial charge < -0.3 is 14.8 Å². The van der Waals surface area contributed by atoms with Crippen LogP contribution in [0, 0.1) is 0 Å². The summed E-state index contributed by atoms with van der Waals surface area (Å²) in [5.41, 5.74) is 2.54. The van der Waals surface area contributed by atoms with Crippen molar-refractivity contribution in [3.05, 3.63) is 22.5 Å². The average molecular weight is 366 g/mol. The van der Waals surface area contributed by atoms with E-state index >= 15 is 0 Å². The predicted molar refractivity (Wildman–Crippen MR) is 103 cm³/mol. The van der Waals surface area contributed by atoms with Crippen molar-refractivity contribution in [2.45, 2.75) is 85.5 Å². The maximum absolute atomic E-state index is 12.4. The molecule has 0 aliphatic carbocycles. The number of ether oxygens (including phenoxy) is 2. The number of nitrogens with one attached hydrogen (secondary N) is 1. The third-order valence-corrected chi connectivity index (χ3v) is 4.59. The van der Waals surface area contributed by atoms with Gasteiger partial charge in [0.15, 0.2) is 0 Å². The molecule has 5 nitrogen and oxygen atoms in total. The van der Waals surface area contributed by atoms with Crippen molar-refractivity contribution in [1.82, 2.24) is 5.32 Å². The Kier molecular flexibility index (Phi) is 10.7. The summed E-state index contributed by atoms with van der Waals surface area (Å²) in [5.74, 6) is -0.681. The van der Waals surface area contributed by atoms with Crippen LogP contribution in [-0.2, 0) is 19.1 Å². The van der Waals surface area contributed by atoms with Gasteiger partial charge in [-0.05, 0) is 26.7 Å². The summed E-state index contributed by atoms with van der Waals surface area (Å²) in [4.78, 5) is 24.7. The van der Waals surface area contributed by atoms with E-state index in [0.717, 1.165) is 62.8 Å². The van der Waals surface area contributed by atoms with Crippen LogP contribution in [-0.4, -0.2) is 25.2 Å². The third-order valence-electron chi connectivity index (χ3n) is 4.59. The van der Waals surface area contributed by atoms with Gasteiger partial charge in [-0.1, -0.05) is 52.4 Å². The summed E-state index contributed by atoms with van der Waals surface area (Å²) in [6, 6.07) is 0. The van der Waals surface area contributed by atoms with Crippen LogP contribution in [0.25, 0.3) is 0 Å². The van der Waals surface area contributed by atoms with Crippen molar-refractivity contribution in [2.24, 2.45) is 0 Å². The Morgan fingerprint density at radius 3 is 1.58 bits per heavy atom. The minimum absolute atomic E-state index is 0.270. The molecule has 0 aromatic heterocycles. The number of esters is 2. The fourth-order valence-electron chi connectivity index (χ4n) is 2.89. The average Bonchev–Trinajstić information content (AvgIpc) is 2.61. The van der Waals surface area contributed by atoms with Gasteiger partial charge in [0.1, 0.15) is 0 Å². The summed E-state index contributed by atoms with van der Waals surface area (Å²) in [6.45, 7) is 8.82. The molecule has 0 aromatic rings. The van der Waals surface area contributed by atoms with Gasteiger partial charge >= 0.3 is 11.9 Å². The molecule has 0 aromatic carbocycles. The molecule has 1 N–H and O–H groups in total. The maximum Gasteiger partial charge on any atom is 0.336 e. The molecule has 0 saturated carbocycles. The van der Waals surface area contributed by atoms with Crippen LogP contribution in [0.4, 0.5) is 0 Å². The Morgan fingerprint density at radius 1 is 0.769 bits per heavy atom. The van der Waals surface area contributed by atoms with E-state index in [1.54, 1.807) is 0 Å². The van der Waals surface area contributed by atoms with Gasteiger partial charge in [0.25, 0.3) is 0 Å². The number of dihydropyridines is 1. The molecular weight excluding hydrogens is 330 g/mol. The van der Waals surface area contributed by atoms with Crippen LogP contribution in [0.2, 0.25) is 0 Å². The summed E-state index contributed by atoms with van der Waals surface area (Å²) in [7, 11) is 0. The van der Waals surface area contributed by atoms with Gasteiger partial charge in [-0.3, -0.25) is 0 Å². The highest BCUT2D eigenvalue weighted by atomic mass is 16.5. The normalized spacial score (nSPS) is 14.3. The second kappa shape index (κ2) is 12.6. The monoisotopic (exact) mass is 365 g/mol. The van der Waals surface area contributed by atoms with E-state index in [1.165, 1.54) is 0 Å². The summed E-state index contributed by atoms with van der Waals surface area (Å²) in [5, 5.41) is 3.12. The zero-order chi connectivity index (χ0) is 19.4. The molecule has 1 heterocycles. The second-order valence-electron chi connectivity index (χ2n) is 6.90. The molecule has 5 heteroatoms. The number of unbranched alkanes of at least 4 members (excludes halogenated alkanes) is 6. The summed E-state index contributed by atoms with van der Waals surface area (Å²) >= 11 is 0. The van der Waals surface area contributed by atoms with Crippen LogP contribution in [0.1, 0.15) is 85.5 Å². The molecule has 0 spiro atoms. The van der Waals surface area contributed by atoms with Crippen molar-refractivity contribution in [3.63, 3.8) is 0 Å². The Bertz CT molecular complexity index is 488. The first kappa shape index (κ1) is 22.3. The molecule has 0 fully saturated rings. The molecule has 0 bridgehead atoms. The molecule has 0 atom stereocenters. The number of allylic oxidation sites excluding steroid dienone is 2. The second-order valence-corrected chi connectivity index (χ2v) is 6.90. The number of hydrogen-bond donors (Lipinski definition) is 1. The molecule has 1 aliphatic rings. The number of carbonyl (C=O) groups is 2. The van der Waals surface area contributed by atoms with Crippen LogP contribution >= 0.6 is 0 Å². The van der Waals surface area contributed by atoms with E-state index in [1.807, 2.05) is 13.8 Å². The zero-order valence-electron chi connectivity index (χ0n) is 16.9. The smallest absolute Gasteiger partial charge is 0.336 e. The van der Waals surface area contributed by atoms with Crippen molar-refractivity contribution >= 4 is 11.9 Å². The van der Waals surface area contributed by atoms with Crippen molar-refractivity contribution in [3.8, 4) is 0 Å². The van der Waals surface area contributed by atoms with E-state index < -0.39 is 0 Å². The lowest BCUT2D eigenvalue weighted by molar-refractivity contribution is -0.139. The highest BCUT2D eigenvalue weighted by Gasteiger charge is 2.26. The van der Waals surface area contributed by atoms with Crippen molar-refractivity contribution in [1.29, 1.82) is 0 Å². The fourth-order valence-corrected chi connectivity index (χ4v) is 2.89. The molecular formula is C21H35NO4. The highest BCUT2D eigenvalue weighted by molar-refractivity contribution is 5.96. The number of rotatable bonds is 12. The molecule has 148 valence electrons. The SMILES string of the molecule is CCCCCCOC(=O)C1=C(C)NC(C)=C(C(=O)OCCCCCC)C1. The minimum Gasteiger partial charge on any atom is -0.462 e. The molecule has 0 radical (unpaired) electrons. The quantitative estimate of drug-likeness (QED) is 0.398. The maximum atomic E-state index is 12.4. The topological polar surface area (TPSA) is 64.6 Å². The lowest BCUT2D eigenvalue weighted by atomic mass is 9.98. The predicted octanol–water partition coefficient (Wildman–Crippen LogP) is 4.77. The molecule has 1 aliphatic heterocycles. The van der Waals surface area contributed by atoms with Crippen LogP contribution in [0.5, 0.6) is 0 Å². The summed E-state index contributed by atoms with van der Waals surface area (Å²) < 4.78 is 10.8. The van der Waals surface area contributed by atoms with Crippen LogP contribution in [0.15, 0.2) is 22.5 Å². The van der Waals surface area contributed by atoms with Gasteiger partial charge in [0.05, 0.1) is 24.4 Å². The Balaban J connectivity index is 2.51. The van der Waals surface area contributed by atoms with Crippen molar-refractivity contribution in [2.75, 3.05) is 13.2 Å². The van der Waals surface area contributed by atoms with E-state index in [9.17, 15) is 9.59 Å². The fraction of sp³-hybridized carbons (Fsp3) is 0.714. The number of hydrogen-bond acceptors (Lipinski definition) is 5. The van der Waals surface area contributed by atoms with Crippen LogP contribution in [0.3, 0.4) is 0 Å². The van der Waals surface area contributed by atoms with Gasteiger partial charge in [-0.2, -0.15) is 0 Å². The largest absolute Gasteiger partial charge is 0.462 e. The molecule has 0 amide bonds. The first-order valence-electron chi connectivity index (χ1n) is 10.0. The summed E-state index contributed by atoms with van der Waals surface area (Å²) in [6.07, 6.45) is 8.75. The van der Waals surface area contributed by atoms with E-state index in [2.05, 4.69) is 19.2 Å². The third kappa shape index (κ3) is 7.63. The minimum atomic E-state index is -0.341. The van der Waals surface area contributed by atoms with Gasteiger partial charge in [-0.25, -0.2) is 9.59 Å². The molecule has 1 rings (SSSR count).